The zero-order valence-electron chi connectivity index (χ0n) is 10.9. The lowest BCUT2D eigenvalue weighted by molar-refractivity contribution is 0.396. The summed E-state index contributed by atoms with van der Waals surface area (Å²) in [7, 11) is -3.04. The molecule has 0 aromatic heterocycles. The first-order chi connectivity index (χ1) is 7.23. The van der Waals surface area contributed by atoms with Gasteiger partial charge in [-0.25, -0.2) is 8.42 Å². The van der Waals surface area contributed by atoms with E-state index in [1.165, 1.54) is 17.4 Å². The summed E-state index contributed by atoms with van der Waals surface area (Å²) in [5.74, 6) is 0.959. The van der Waals surface area contributed by atoms with Crippen LogP contribution in [0.15, 0.2) is 11.1 Å². The molecule has 1 rings (SSSR count). The third-order valence-corrected chi connectivity index (χ3v) is 4.50. The lowest BCUT2D eigenvalue weighted by Gasteiger charge is -2.32. The number of rotatable bonds is 3. The number of nitrogens with zero attached hydrogens (tertiary/aromatic N) is 1. The molecule has 0 spiro atoms. The highest BCUT2D eigenvalue weighted by Crippen LogP contribution is 2.29. The smallest absolute Gasteiger partial charge is 0.211 e. The van der Waals surface area contributed by atoms with Crippen molar-refractivity contribution in [2.75, 3.05) is 19.3 Å². The van der Waals surface area contributed by atoms with Gasteiger partial charge >= 0.3 is 0 Å². The molecule has 4 heteroatoms. The molecule has 16 heavy (non-hydrogen) atoms. The van der Waals surface area contributed by atoms with E-state index >= 15 is 0 Å². The predicted octanol–water partition coefficient (Wildman–Crippen LogP) is 2.26. The maximum atomic E-state index is 11.5. The zero-order chi connectivity index (χ0) is 12.5. The van der Waals surface area contributed by atoms with E-state index in [4.69, 9.17) is 0 Å². The van der Waals surface area contributed by atoms with Crippen LogP contribution >= 0.6 is 0 Å². The highest BCUT2D eigenvalue weighted by molar-refractivity contribution is 7.88. The van der Waals surface area contributed by atoms with Gasteiger partial charge in [-0.15, -0.1) is 0 Å². The van der Waals surface area contributed by atoms with Gasteiger partial charge in [0.1, 0.15) is 0 Å². The average Bonchev–Trinajstić information content (AvgIpc) is 2.15. The Labute approximate surface area is 99.6 Å². The summed E-state index contributed by atoms with van der Waals surface area (Å²) in [6.07, 6.45) is 2.18. The quantitative estimate of drug-likeness (QED) is 0.715. The van der Waals surface area contributed by atoms with Gasteiger partial charge in [-0.05, 0) is 18.3 Å². The minimum Gasteiger partial charge on any atom is -0.212 e. The fourth-order valence-corrected chi connectivity index (χ4v) is 3.07. The highest BCUT2D eigenvalue weighted by Gasteiger charge is 2.27. The number of hydrogen-bond acceptors (Lipinski definition) is 2. The second-order valence-electron chi connectivity index (χ2n) is 5.21. The molecular weight excluding hydrogens is 222 g/mol. The molecule has 0 aromatic rings. The maximum Gasteiger partial charge on any atom is 0.211 e. The first-order valence-electron chi connectivity index (χ1n) is 5.90. The van der Waals surface area contributed by atoms with E-state index in [9.17, 15) is 8.42 Å². The molecule has 1 aliphatic heterocycles. The van der Waals surface area contributed by atoms with E-state index in [-0.39, 0.29) is 0 Å². The Hall–Kier alpha value is -0.350. The minimum absolute atomic E-state index is 0.432. The van der Waals surface area contributed by atoms with E-state index in [0.717, 1.165) is 6.42 Å². The third kappa shape index (κ3) is 3.08. The summed E-state index contributed by atoms with van der Waals surface area (Å²) in [5, 5.41) is 0. The van der Waals surface area contributed by atoms with Crippen molar-refractivity contribution in [3.63, 3.8) is 0 Å². The van der Waals surface area contributed by atoms with Crippen LogP contribution in [0.2, 0.25) is 0 Å². The van der Waals surface area contributed by atoms with Crippen LogP contribution in [-0.2, 0) is 10.0 Å². The molecule has 1 aliphatic rings. The van der Waals surface area contributed by atoms with Gasteiger partial charge in [0.25, 0.3) is 0 Å². The van der Waals surface area contributed by atoms with Crippen molar-refractivity contribution in [1.82, 2.24) is 4.31 Å². The van der Waals surface area contributed by atoms with Crippen molar-refractivity contribution >= 4 is 10.0 Å². The van der Waals surface area contributed by atoms with Gasteiger partial charge in [0, 0.05) is 13.1 Å². The van der Waals surface area contributed by atoms with Crippen LogP contribution < -0.4 is 0 Å². The second kappa shape index (κ2) is 4.88. The van der Waals surface area contributed by atoms with Gasteiger partial charge in [-0.3, -0.25) is 0 Å². The molecule has 0 amide bonds. The van der Waals surface area contributed by atoms with Gasteiger partial charge in [0.2, 0.25) is 10.0 Å². The van der Waals surface area contributed by atoms with Crippen LogP contribution in [0.4, 0.5) is 0 Å². The lowest BCUT2D eigenvalue weighted by Crippen LogP contribution is -2.38. The van der Waals surface area contributed by atoms with E-state index in [2.05, 4.69) is 27.7 Å². The van der Waals surface area contributed by atoms with Gasteiger partial charge in [-0.1, -0.05) is 38.8 Å². The molecule has 0 aromatic carbocycles. The standard InChI is InChI=1S/C12H23NO2S/c1-9(2)11-6-7-13(16(5,14)15)8-12(11)10(3)4/h9-10H,6-8H2,1-5H3. The van der Waals surface area contributed by atoms with Crippen molar-refractivity contribution < 1.29 is 8.42 Å². The third-order valence-electron chi connectivity index (χ3n) is 3.25. The summed E-state index contributed by atoms with van der Waals surface area (Å²) >= 11 is 0. The number of sulfonamides is 1. The van der Waals surface area contributed by atoms with Crippen LogP contribution in [0.25, 0.3) is 0 Å². The Kier molecular flexibility index (Phi) is 4.18. The second-order valence-corrected chi connectivity index (χ2v) is 7.19. The Morgan fingerprint density at radius 2 is 1.56 bits per heavy atom. The summed E-state index contributed by atoms with van der Waals surface area (Å²) < 4.78 is 24.7. The van der Waals surface area contributed by atoms with Crippen molar-refractivity contribution in [1.29, 1.82) is 0 Å². The van der Waals surface area contributed by atoms with Crippen LogP contribution in [0, 0.1) is 11.8 Å². The molecule has 0 saturated heterocycles. The van der Waals surface area contributed by atoms with Crippen molar-refractivity contribution in [3.8, 4) is 0 Å². The molecule has 0 aliphatic carbocycles. The summed E-state index contributed by atoms with van der Waals surface area (Å²) in [6, 6.07) is 0. The minimum atomic E-state index is -3.04. The molecule has 0 unspecified atom stereocenters. The Morgan fingerprint density at radius 3 is 1.94 bits per heavy atom. The van der Waals surface area contributed by atoms with Gasteiger partial charge in [0.05, 0.1) is 6.26 Å². The monoisotopic (exact) mass is 245 g/mol. The number of hydrogen-bond donors (Lipinski definition) is 0. The fourth-order valence-electron chi connectivity index (χ4n) is 2.27. The molecule has 94 valence electrons. The van der Waals surface area contributed by atoms with E-state index in [1.807, 2.05) is 0 Å². The van der Waals surface area contributed by atoms with Crippen LogP contribution in [-0.4, -0.2) is 32.1 Å². The van der Waals surface area contributed by atoms with Gasteiger partial charge in [0.15, 0.2) is 0 Å². The van der Waals surface area contributed by atoms with E-state index in [0.29, 0.717) is 24.9 Å². The molecular formula is C12H23NO2S. The first kappa shape index (κ1) is 13.7. The SMILES string of the molecule is CC(C)C1=C(C(C)C)CN(S(C)(=O)=O)CC1. The fraction of sp³-hybridized carbons (Fsp3) is 0.833. The van der Waals surface area contributed by atoms with Gasteiger partial charge < -0.3 is 0 Å². The summed E-state index contributed by atoms with van der Waals surface area (Å²) in [4.78, 5) is 0. The van der Waals surface area contributed by atoms with Crippen LogP contribution in [0.3, 0.4) is 0 Å². The molecule has 1 heterocycles. The van der Waals surface area contributed by atoms with E-state index < -0.39 is 10.0 Å². The summed E-state index contributed by atoms with van der Waals surface area (Å²) in [5.41, 5.74) is 2.77. The molecule has 0 N–H and O–H groups in total. The van der Waals surface area contributed by atoms with Crippen LogP contribution in [0.5, 0.6) is 0 Å². The van der Waals surface area contributed by atoms with Crippen LogP contribution in [0.1, 0.15) is 34.1 Å². The molecule has 0 fully saturated rings. The zero-order valence-corrected chi connectivity index (χ0v) is 11.8. The Balaban J connectivity index is 3.01. The van der Waals surface area contributed by atoms with E-state index in [1.54, 1.807) is 4.31 Å². The largest absolute Gasteiger partial charge is 0.212 e. The normalized spacial score (nSPS) is 19.9. The maximum absolute atomic E-state index is 11.5. The van der Waals surface area contributed by atoms with Gasteiger partial charge in [-0.2, -0.15) is 4.31 Å². The van der Waals surface area contributed by atoms with Crippen molar-refractivity contribution in [2.24, 2.45) is 11.8 Å². The Bertz CT molecular complexity index is 380. The molecule has 0 radical (unpaired) electrons. The van der Waals surface area contributed by atoms with Crippen molar-refractivity contribution in [3.05, 3.63) is 11.1 Å². The highest BCUT2D eigenvalue weighted by atomic mass is 32.2. The molecule has 0 bridgehead atoms. The van der Waals surface area contributed by atoms with Crippen molar-refractivity contribution in [2.45, 2.75) is 34.1 Å². The molecule has 0 atom stereocenters. The molecule has 0 saturated carbocycles. The topological polar surface area (TPSA) is 37.4 Å². The predicted molar refractivity (Wildman–Crippen MR) is 67.7 cm³/mol. The lowest BCUT2D eigenvalue weighted by atomic mass is 9.86. The Morgan fingerprint density at radius 1 is 1.06 bits per heavy atom. The molecule has 3 nitrogen and oxygen atoms in total. The summed E-state index contributed by atoms with van der Waals surface area (Å²) in [6.45, 7) is 9.89. The average molecular weight is 245 g/mol. The first-order valence-corrected chi connectivity index (χ1v) is 7.75.